The van der Waals surface area contributed by atoms with Crippen LogP contribution in [0.15, 0.2) is 24.3 Å². The van der Waals surface area contributed by atoms with Crippen LogP contribution in [0, 0.1) is 12.8 Å². The highest BCUT2D eigenvalue weighted by Crippen LogP contribution is 2.42. The number of halogens is 3. The van der Waals surface area contributed by atoms with Crippen LogP contribution in [0.2, 0.25) is 0 Å². The molecule has 1 aliphatic carbocycles. The molecule has 4 heteroatoms. The molecule has 19 heavy (non-hydrogen) atoms. The number of nitrogens with two attached hydrogens (primary N) is 1. The molecular formula is C15H20F3N. The molecule has 1 aromatic carbocycles. The molecule has 0 radical (unpaired) electrons. The van der Waals surface area contributed by atoms with Gasteiger partial charge in [-0.05, 0) is 43.7 Å². The van der Waals surface area contributed by atoms with Gasteiger partial charge < -0.3 is 5.73 Å². The van der Waals surface area contributed by atoms with Crippen LogP contribution in [0.4, 0.5) is 13.2 Å². The Labute approximate surface area is 112 Å². The van der Waals surface area contributed by atoms with E-state index in [1.54, 1.807) is 0 Å². The van der Waals surface area contributed by atoms with Crippen molar-refractivity contribution >= 4 is 0 Å². The minimum absolute atomic E-state index is 0.0465. The Morgan fingerprint density at radius 2 is 2.00 bits per heavy atom. The average Bonchev–Trinajstić information content (AvgIpc) is 2.31. The quantitative estimate of drug-likeness (QED) is 0.864. The van der Waals surface area contributed by atoms with Gasteiger partial charge in [0.05, 0.1) is 5.92 Å². The van der Waals surface area contributed by atoms with Crippen molar-refractivity contribution in [3.05, 3.63) is 35.4 Å². The second kappa shape index (κ2) is 5.16. The number of rotatable bonds is 2. The molecule has 2 unspecified atom stereocenters. The van der Waals surface area contributed by atoms with Gasteiger partial charge in [0.1, 0.15) is 0 Å². The van der Waals surface area contributed by atoms with Crippen LogP contribution in [-0.2, 0) is 6.42 Å². The molecular weight excluding hydrogens is 251 g/mol. The number of alkyl halides is 3. The van der Waals surface area contributed by atoms with Crippen LogP contribution in [0.25, 0.3) is 0 Å². The zero-order chi connectivity index (χ0) is 14.1. The minimum Gasteiger partial charge on any atom is -0.325 e. The van der Waals surface area contributed by atoms with E-state index >= 15 is 0 Å². The van der Waals surface area contributed by atoms with Gasteiger partial charge in [-0.3, -0.25) is 0 Å². The van der Waals surface area contributed by atoms with Gasteiger partial charge in [0, 0.05) is 5.54 Å². The van der Waals surface area contributed by atoms with E-state index in [1.165, 1.54) is 0 Å². The second-order valence-corrected chi connectivity index (χ2v) is 5.80. The lowest BCUT2D eigenvalue weighted by atomic mass is 9.72. The standard InChI is InChI=1S/C15H20F3N/c1-11-5-2-3-6-12(11)9-14(19)8-4-7-13(10-14)15(16,17)18/h2-3,5-6,13H,4,7-10,19H2,1H3. The van der Waals surface area contributed by atoms with E-state index in [2.05, 4.69) is 0 Å². The summed E-state index contributed by atoms with van der Waals surface area (Å²) in [5.41, 5.74) is 7.69. The molecule has 1 aliphatic rings. The van der Waals surface area contributed by atoms with Crippen molar-refractivity contribution in [1.82, 2.24) is 0 Å². The average molecular weight is 271 g/mol. The first-order valence-corrected chi connectivity index (χ1v) is 6.70. The zero-order valence-corrected chi connectivity index (χ0v) is 11.1. The van der Waals surface area contributed by atoms with Crippen molar-refractivity contribution < 1.29 is 13.2 Å². The minimum atomic E-state index is -4.11. The molecule has 1 aromatic rings. The first-order chi connectivity index (χ1) is 8.80. The van der Waals surface area contributed by atoms with Crippen molar-refractivity contribution in [2.24, 2.45) is 11.7 Å². The van der Waals surface area contributed by atoms with E-state index in [1.807, 2.05) is 31.2 Å². The largest absolute Gasteiger partial charge is 0.391 e. The summed E-state index contributed by atoms with van der Waals surface area (Å²) in [5.74, 6) is -1.24. The monoisotopic (exact) mass is 271 g/mol. The molecule has 1 saturated carbocycles. The molecule has 1 fully saturated rings. The van der Waals surface area contributed by atoms with Gasteiger partial charge in [0.2, 0.25) is 0 Å². The Morgan fingerprint density at radius 1 is 1.32 bits per heavy atom. The van der Waals surface area contributed by atoms with E-state index < -0.39 is 17.6 Å². The van der Waals surface area contributed by atoms with Crippen molar-refractivity contribution in [3.63, 3.8) is 0 Å². The fourth-order valence-corrected chi connectivity index (χ4v) is 3.02. The summed E-state index contributed by atoms with van der Waals surface area (Å²) >= 11 is 0. The first kappa shape index (κ1) is 14.4. The third-order valence-electron chi connectivity index (χ3n) is 4.15. The molecule has 2 rings (SSSR count). The predicted octanol–water partition coefficient (Wildman–Crippen LogP) is 3.99. The topological polar surface area (TPSA) is 26.0 Å². The van der Waals surface area contributed by atoms with E-state index in [0.29, 0.717) is 19.3 Å². The molecule has 0 amide bonds. The van der Waals surface area contributed by atoms with Crippen LogP contribution in [0.1, 0.15) is 36.8 Å². The van der Waals surface area contributed by atoms with Crippen molar-refractivity contribution in [2.45, 2.75) is 50.7 Å². The molecule has 0 heterocycles. The normalized spacial score (nSPS) is 28.4. The Kier molecular flexibility index (Phi) is 3.90. The summed E-state index contributed by atoms with van der Waals surface area (Å²) in [5, 5.41) is 0. The highest BCUT2D eigenvalue weighted by molar-refractivity contribution is 5.27. The summed E-state index contributed by atoms with van der Waals surface area (Å²) in [7, 11) is 0. The molecule has 2 atom stereocenters. The Hall–Kier alpha value is -1.03. The number of hydrogen-bond acceptors (Lipinski definition) is 1. The number of hydrogen-bond donors (Lipinski definition) is 1. The van der Waals surface area contributed by atoms with Gasteiger partial charge in [-0.25, -0.2) is 0 Å². The molecule has 106 valence electrons. The fourth-order valence-electron chi connectivity index (χ4n) is 3.02. The van der Waals surface area contributed by atoms with Crippen molar-refractivity contribution in [3.8, 4) is 0 Å². The van der Waals surface area contributed by atoms with Crippen LogP contribution in [0.3, 0.4) is 0 Å². The van der Waals surface area contributed by atoms with E-state index in [-0.39, 0.29) is 12.8 Å². The SMILES string of the molecule is Cc1ccccc1CC1(N)CCCC(C(F)(F)F)C1. The summed E-state index contributed by atoms with van der Waals surface area (Å²) in [4.78, 5) is 0. The summed E-state index contributed by atoms with van der Waals surface area (Å²) < 4.78 is 38.5. The molecule has 0 bridgehead atoms. The maximum absolute atomic E-state index is 12.8. The van der Waals surface area contributed by atoms with Gasteiger partial charge in [-0.1, -0.05) is 30.7 Å². The van der Waals surface area contributed by atoms with Gasteiger partial charge in [-0.2, -0.15) is 13.2 Å². The summed E-state index contributed by atoms with van der Waals surface area (Å²) in [6.07, 6.45) is -2.08. The lowest BCUT2D eigenvalue weighted by Crippen LogP contribution is -2.49. The smallest absolute Gasteiger partial charge is 0.325 e. The molecule has 0 spiro atoms. The molecule has 0 saturated heterocycles. The Balaban J connectivity index is 2.12. The van der Waals surface area contributed by atoms with Crippen LogP contribution in [-0.4, -0.2) is 11.7 Å². The van der Waals surface area contributed by atoms with E-state index in [0.717, 1.165) is 11.1 Å². The summed E-state index contributed by atoms with van der Waals surface area (Å²) in [6, 6.07) is 7.78. The highest BCUT2D eigenvalue weighted by Gasteiger charge is 2.46. The van der Waals surface area contributed by atoms with Crippen LogP contribution >= 0.6 is 0 Å². The van der Waals surface area contributed by atoms with Gasteiger partial charge in [0.25, 0.3) is 0 Å². The van der Waals surface area contributed by atoms with Crippen molar-refractivity contribution in [2.75, 3.05) is 0 Å². The fraction of sp³-hybridized carbons (Fsp3) is 0.600. The highest BCUT2D eigenvalue weighted by atomic mass is 19.4. The van der Waals surface area contributed by atoms with Gasteiger partial charge in [-0.15, -0.1) is 0 Å². The zero-order valence-electron chi connectivity index (χ0n) is 11.1. The molecule has 1 nitrogen and oxygen atoms in total. The maximum Gasteiger partial charge on any atom is 0.391 e. The first-order valence-electron chi connectivity index (χ1n) is 6.70. The molecule has 0 aliphatic heterocycles. The number of aryl methyl sites for hydroxylation is 1. The van der Waals surface area contributed by atoms with Crippen molar-refractivity contribution in [1.29, 1.82) is 0 Å². The van der Waals surface area contributed by atoms with E-state index in [9.17, 15) is 13.2 Å². The predicted molar refractivity (Wildman–Crippen MR) is 69.8 cm³/mol. The third-order valence-corrected chi connectivity index (χ3v) is 4.15. The summed E-state index contributed by atoms with van der Waals surface area (Å²) in [6.45, 7) is 1.97. The van der Waals surface area contributed by atoms with Gasteiger partial charge >= 0.3 is 6.18 Å². The van der Waals surface area contributed by atoms with Gasteiger partial charge in [0.15, 0.2) is 0 Å². The van der Waals surface area contributed by atoms with Crippen LogP contribution in [0.5, 0.6) is 0 Å². The number of benzene rings is 1. The Bertz CT molecular complexity index is 441. The lowest BCUT2D eigenvalue weighted by Gasteiger charge is -2.39. The van der Waals surface area contributed by atoms with E-state index in [4.69, 9.17) is 5.73 Å². The Morgan fingerprint density at radius 3 is 2.63 bits per heavy atom. The second-order valence-electron chi connectivity index (χ2n) is 5.80. The third kappa shape index (κ3) is 3.50. The lowest BCUT2D eigenvalue weighted by molar-refractivity contribution is -0.187. The molecule has 0 aromatic heterocycles. The molecule has 2 N–H and O–H groups in total. The maximum atomic E-state index is 12.8. The van der Waals surface area contributed by atoms with Crippen LogP contribution < -0.4 is 5.73 Å².